The van der Waals surface area contributed by atoms with Gasteiger partial charge in [-0.3, -0.25) is 9.59 Å². The Morgan fingerprint density at radius 3 is 2.34 bits per heavy atom. The van der Waals surface area contributed by atoms with E-state index in [-0.39, 0.29) is 11.5 Å². The molecule has 2 aromatic carbocycles. The Bertz CT molecular complexity index is 1200. The van der Waals surface area contributed by atoms with E-state index in [0.29, 0.717) is 47.2 Å². The van der Waals surface area contributed by atoms with Crippen LogP contribution in [-0.4, -0.2) is 34.2 Å². The molecule has 1 saturated heterocycles. The lowest BCUT2D eigenvalue weighted by atomic mass is 10.1. The van der Waals surface area contributed by atoms with Crippen molar-refractivity contribution < 1.29 is 14.3 Å². The van der Waals surface area contributed by atoms with Gasteiger partial charge in [0.1, 0.15) is 29.1 Å². The number of hydrogen-bond donors (Lipinski definition) is 1. The molecule has 2 heterocycles. The monoisotopic (exact) mass is 427 g/mol. The Morgan fingerprint density at radius 2 is 1.75 bits per heavy atom. The first kappa shape index (κ1) is 21.0. The summed E-state index contributed by atoms with van der Waals surface area (Å²) in [4.78, 5) is 34.8. The van der Waals surface area contributed by atoms with Gasteiger partial charge in [0, 0.05) is 25.1 Å². The minimum absolute atomic E-state index is 0.189. The van der Waals surface area contributed by atoms with E-state index in [0.717, 1.165) is 6.42 Å². The van der Waals surface area contributed by atoms with Crippen molar-refractivity contribution in [3.8, 4) is 29.0 Å². The van der Waals surface area contributed by atoms with Gasteiger partial charge in [0.15, 0.2) is 11.6 Å². The van der Waals surface area contributed by atoms with E-state index in [9.17, 15) is 9.59 Å². The molecule has 8 heteroatoms. The number of nitrogens with two attached hydrogens (primary N) is 1. The van der Waals surface area contributed by atoms with Gasteiger partial charge in [0.25, 0.3) is 0 Å². The SMILES string of the molecule is CC(=O)c1cc(N2CCC[C@H]2C(N)=O)nc(-c2ccc(Oc3ccc(C#N)cc3)cc2)n1. The fourth-order valence-corrected chi connectivity index (χ4v) is 3.63. The van der Waals surface area contributed by atoms with Gasteiger partial charge in [-0.2, -0.15) is 5.26 Å². The van der Waals surface area contributed by atoms with Crippen molar-refractivity contribution in [1.82, 2.24) is 9.97 Å². The zero-order chi connectivity index (χ0) is 22.7. The van der Waals surface area contributed by atoms with Crippen LogP contribution in [0.5, 0.6) is 11.5 Å². The average molecular weight is 427 g/mol. The molecule has 0 radical (unpaired) electrons. The fourth-order valence-electron chi connectivity index (χ4n) is 3.63. The number of amides is 1. The molecule has 0 unspecified atom stereocenters. The second-order valence-electron chi connectivity index (χ2n) is 7.51. The molecular weight excluding hydrogens is 406 g/mol. The number of ether oxygens (including phenoxy) is 1. The molecule has 8 nitrogen and oxygen atoms in total. The van der Waals surface area contributed by atoms with Crippen LogP contribution in [-0.2, 0) is 4.79 Å². The van der Waals surface area contributed by atoms with Crippen LogP contribution in [0, 0.1) is 11.3 Å². The van der Waals surface area contributed by atoms with Crippen LogP contribution in [0.1, 0.15) is 35.8 Å². The van der Waals surface area contributed by atoms with Crippen LogP contribution < -0.4 is 15.4 Å². The third-order valence-corrected chi connectivity index (χ3v) is 5.28. The largest absolute Gasteiger partial charge is 0.457 e. The van der Waals surface area contributed by atoms with Gasteiger partial charge < -0.3 is 15.4 Å². The second kappa shape index (κ2) is 8.86. The van der Waals surface area contributed by atoms with Crippen LogP contribution in [0.2, 0.25) is 0 Å². The minimum atomic E-state index is -0.444. The molecule has 3 aromatic rings. The highest BCUT2D eigenvalue weighted by molar-refractivity contribution is 5.93. The van der Waals surface area contributed by atoms with Crippen LogP contribution in [0.15, 0.2) is 54.6 Å². The van der Waals surface area contributed by atoms with Gasteiger partial charge in [-0.25, -0.2) is 9.97 Å². The standard InChI is InChI=1S/C24H21N5O3/c1-15(30)20-13-22(29-12-2-3-21(29)23(26)31)28-24(27-20)17-6-10-19(11-7-17)32-18-8-4-16(14-25)5-9-18/h4-11,13,21H,2-3,12H2,1H3,(H2,26,31)/t21-/m0/s1. The summed E-state index contributed by atoms with van der Waals surface area (Å²) in [5.41, 5.74) is 7.09. The predicted molar refractivity (Wildman–Crippen MR) is 118 cm³/mol. The van der Waals surface area contributed by atoms with E-state index in [2.05, 4.69) is 16.0 Å². The molecule has 1 aromatic heterocycles. The molecule has 160 valence electrons. The lowest BCUT2D eigenvalue weighted by Crippen LogP contribution is -2.40. The highest BCUT2D eigenvalue weighted by atomic mass is 16.5. The number of ketones is 1. The van der Waals surface area contributed by atoms with Crippen LogP contribution >= 0.6 is 0 Å². The first-order chi connectivity index (χ1) is 15.4. The summed E-state index contributed by atoms with van der Waals surface area (Å²) in [6.07, 6.45) is 1.48. The molecule has 1 fully saturated rings. The smallest absolute Gasteiger partial charge is 0.240 e. The van der Waals surface area contributed by atoms with Gasteiger partial charge in [0.2, 0.25) is 5.91 Å². The number of carbonyl (C=O) groups is 2. The Labute approximate surface area is 185 Å². The summed E-state index contributed by atoms with van der Waals surface area (Å²) in [7, 11) is 0. The van der Waals surface area contributed by atoms with Gasteiger partial charge in [-0.05, 0) is 61.4 Å². The number of nitriles is 1. The summed E-state index contributed by atoms with van der Waals surface area (Å²) in [5, 5.41) is 8.89. The van der Waals surface area contributed by atoms with E-state index in [1.165, 1.54) is 6.92 Å². The maximum atomic E-state index is 12.1. The number of carbonyl (C=O) groups excluding carboxylic acids is 2. The maximum absolute atomic E-state index is 12.1. The number of Topliss-reactive ketones (excluding diaryl/α,β-unsaturated/α-hetero) is 1. The van der Waals surface area contributed by atoms with Crippen LogP contribution in [0.4, 0.5) is 5.82 Å². The first-order valence-corrected chi connectivity index (χ1v) is 10.2. The van der Waals surface area contributed by atoms with Crippen molar-refractivity contribution in [1.29, 1.82) is 5.26 Å². The van der Waals surface area contributed by atoms with Crippen molar-refractivity contribution in [2.24, 2.45) is 5.73 Å². The van der Waals surface area contributed by atoms with Crippen molar-refractivity contribution in [2.75, 3.05) is 11.4 Å². The maximum Gasteiger partial charge on any atom is 0.240 e. The predicted octanol–water partition coefficient (Wildman–Crippen LogP) is 3.46. The fraction of sp³-hybridized carbons (Fsp3) is 0.208. The van der Waals surface area contributed by atoms with E-state index >= 15 is 0 Å². The quantitative estimate of drug-likeness (QED) is 0.598. The van der Waals surface area contributed by atoms with Gasteiger partial charge in [-0.15, -0.1) is 0 Å². The summed E-state index contributed by atoms with van der Waals surface area (Å²) in [5.74, 6) is 1.52. The van der Waals surface area contributed by atoms with E-state index in [1.807, 2.05) is 4.90 Å². The molecule has 4 rings (SSSR count). The summed E-state index contributed by atoms with van der Waals surface area (Å²) >= 11 is 0. The van der Waals surface area contributed by atoms with E-state index < -0.39 is 11.9 Å². The number of nitrogens with zero attached hydrogens (tertiary/aromatic N) is 4. The van der Waals surface area contributed by atoms with Gasteiger partial charge in [0.05, 0.1) is 11.6 Å². The van der Waals surface area contributed by atoms with E-state index in [1.54, 1.807) is 54.6 Å². The van der Waals surface area contributed by atoms with Gasteiger partial charge >= 0.3 is 0 Å². The molecule has 0 spiro atoms. The number of primary amides is 1. The number of hydrogen-bond acceptors (Lipinski definition) is 7. The van der Waals surface area contributed by atoms with Crippen molar-refractivity contribution >= 4 is 17.5 Å². The third-order valence-electron chi connectivity index (χ3n) is 5.28. The number of aromatic nitrogens is 2. The molecule has 0 saturated carbocycles. The third kappa shape index (κ3) is 4.42. The molecule has 0 aliphatic carbocycles. The molecule has 1 amide bonds. The summed E-state index contributed by atoms with van der Waals surface area (Å²) < 4.78 is 5.81. The Kier molecular flexibility index (Phi) is 5.81. The number of anilines is 1. The lowest BCUT2D eigenvalue weighted by molar-refractivity contribution is -0.119. The Hall–Kier alpha value is -4.25. The Morgan fingerprint density at radius 1 is 1.09 bits per heavy atom. The molecule has 0 bridgehead atoms. The van der Waals surface area contributed by atoms with Crippen molar-refractivity contribution in [3.05, 3.63) is 65.9 Å². The minimum Gasteiger partial charge on any atom is -0.457 e. The Balaban J connectivity index is 1.62. The highest BCUT2D eigenvalue weighted by Crippen LogP contribution is 2.29. The van der Waals surface area contributed by atoms with Gasteiger partial charge in [-0.1, -0.05) is 0 Å². The van der Waals surface area contributed by atoms with E-state index in [4.69, 9.17) is 15.7 Å². The van der Waals surface area contributed by atoms with Crippen molar-refractivity contribution in [2.45, 2.75) is 25.8 Å². The number of benzene rings is 2. The van der Waals surface area contributed by atoms with Crippen LogP contribution in [0.3, 0.4) is 0 Å². The zero-order valence-corrected chi connectivity index (χ0v) is 17.5. The normalized spacial score (nSPS) is 15.2. The highest BCUT2D eigenvalue weighted by Gasteiger charge is 2.30. The molecule has 1 aliphatic rings. The summed E-state index contributed by atoms with van der Waals surface area (Å²) in [6, 6.07) is 17.2. The molecule has 32 heavy (non-hydrogen) atoms. The summed E-state index contributed by atoms with van der Waals surface area (Å²) in [6.45, 7) is 2.08. The molecule has 2 N–H and O–H groups in total. The first-order valence-electron chi connectivity index (χ1n) is 10.2. The zero-order valence-electron chi connectivity index (χ0n) is 17.5. The molecule has 1 aliphatic heterocycles. The molecular formula is C24H21N5O3. The topological polar surface area (TPSA) is 122 Å². The second-order valence-corrected chi connectivity index (χ2v) is 7.51. The molecule has 1 atom stereocenters. The number of rotatable bonds is 6. The average Bonchev–Trinajstić information content (AvgIpc) is 3.30. The van der Waals surface area contributed by atoms with Crippen LogP contribution in [0.25, 0.3) is 11.4 Å². The van der Waals surface area contributed by atoms with Crippen molar-refractivity contribution in [3.63, 3.8) is 0 Å². The lowest BCUT2D eigenvalue weighted by Gasteiger charge is -2.24.